The largest absolute Gasteiger partial charge is 0.356 e. The molecule has 0 bridgehead atoms. The number of nitrogens with zero attached hydrogens (tertiary/aromatic N) is 3. The molecule has 2 aromatic heterocycles. The van der Waals surface area contributed by atoms with Crippen LogP contribution in [-0.4, -0.2) is 47.6 Å². The lowest BCUT2D eigenvalue weighted by atomic mass is 9.97. The molecule has 1 aliphatic rings. The molecule has 0 amide bonds. The lowest BCUT2D eigenvalue weighted by molar-refractivity contribution is 0.312. The number of pyridine rings is 1. The van der Waals surface area contributed by atoms with Crippen LogP contribution in [0.5, 0.6) is 0 Å². The van der Waals surface area contributed by atoms with E-state index >= 15 is 0 Å². The van der Waals surface area contributed by atoms with Gasteiger partial charge in [-0.15, -0.1) is 0 Å². The van der Waals surface area contributed by atoms with Gasteiger partial charge < -0.3 is 4.98 Å². The first-order chi connectivity index (χ1) is 12.0. The van der Waals surface area contributed by atoms with Crippen LogP contribution in [0.4, 0.5) is 0 Å². The van der Waals surface area contributed by atoms with Crippen molar-refractivity contribution < 1.29 is 8.42 Å². The Kier molecular flexibility index (Phi) is 3.87. The maximum Gasteiger partial charge on any atom is 0.282 e. The lowest BCUT2D eigenvalue weighted by Crippen LogP contribution is -2.46. The van der Waals surface area contributed by atoms with Gasteiger partial charge in [-0.1, -0.05) is 24.3 Å². The molecular formula is C18H20N4O2S. The third-order valence-corrected chi connectivity index (χ3v) is 6.62. The molecule has 1 aromatic carbocycles. The molecule has 4 rings (SSSR count). The normalized spacial score (nSPS) is 18.6. The second-order valence-electron chi connectivity index (χ2n) is 6.37. The number of hydrogen-bond donors (Lipinski definition) is 1. The van der Waals surface area contributed by atoms with Crippen molar-refractivity contribution in [3.63, 3.8) is 0 Å². The fraction of sp³-hybridized carbons (Fsp3) is 0.278. The minimum atomic E-state index is -3.57. The van der Waals surface area contributed by atoms with Crippen molar-refractivity contribution in [1.82, 2.24) is 18.6 Å². The second-order valence-corrected chi connectivity index (χ2v) is 8.47. The molecule has 0 saturated carbocycles. The predicted octanol–water partition coefficient (Wildman–Crippen LogP) is 2.32. The highest BCUT2D eigenvalue weighted by Crippen LogP contribution is 2.39. The Labute approximate surface area is 147 Å². The van der Waals surface area contributed by atoms with Crippen LogP contribution in [0, 0.1) is 0 Å². The van der Waals surface area contributed by atoms with E-state index in [4.69, 9.17) is 0 Å². The van der Waals surface area contributed by atoms with Gasteiger partial charge in [0.1, 0.15) is 6.04 Å². The van der Waals surface area contributed by atoms with Gasteiger partial charge >= 0.3 is 0 Å². The Morgan fingerprint density at radius 2 is 1.92 bits per heavy atom. The van der Waals surface area contributed by atoms with Gasteiger partial charge in [-0.25, -0.2) is 0 Å². The zero-order valence-electron chi connectivity index (χ0n) is 14.2. The molecule has 0 saturated heterocycles. The summed E-state index contributed by atoms with van der Waals surface area (Å²) in [5.74, 6) is 0. The summed E-state index contributed by atoms with van der Waals surface area (Å²) in [7, 11) is -0.449. The van der Waals surface area contributed by atoms with E-state index in [1.54, 1.807) is 20.3 Å². The van der Waals surface area contributed by atoms with Crippen LogP contribution in [0.2, 0.25) is 0 Å². The van der Waals surface area contributed by atoms with Gasteiger partial charge in [0, 0.05) is 43.4 Å². The molecule has 7 heteroatoms. The van der Waals surface area contributed by atoms with Crippen molar-refractivity contribution in [2.75, 3.05) is 20.6 Å². The number of para-hydroxylation sites is 1. The summed E-state index contributed by atoms with van der Waals surface area (Å²) < 4.78 is 28.6. The standard InChI is InChI=1S/C18H20N4O2S/c1-21(2)25(23,24)22-12-10-14-13-7-3-4-8-15(13)20-17(14)18(22)16-9-5-6-11-19-16/h3-9,11,18,20H,10,12H2,1-2H3/t18-/m0/s1. The van der Waals surface area contributed by atoms with Crippen LogP contribution in [-0.2, 0) is 16.6 Å². The summed E-state index contributed by atoms with van der Waals surface area (Å²) in [6, 6.07) is 13.2. The Morgan fingerprint density at radius 3 is 2.64 bits per heavy atom. The first kappa shape index (κ1) is 16.3. The summed E-state index contributed by atoms with van der Waals surface area (Å²) in [4.78, 5) is 7.89. The summed E-state index contributed by atoms with van der Waals surface area (Å²) >= 11 is 0. The molecule has 0 fully saturated rings. The molecule has 1 N–H and O–H groups in total. The first-order valence-corrected chi connectivity index (χ1v) is 9.59. The van der Waals surface area contributed by atoms with Crippen LogP contribution < -0.4 is 0 Å². The monoisotopic (exact) mass is 356 g/mol. The van der Waals surface area contributed by atoms with Crippen molar-refractivity contribution in [2.24, 2.45) is 0 Å². The van der Waals surface area contributed by atoms with Crippen molar-refractivity contribution in [1.29, 1.82) is 0 Å². The molecule has 130 valence electrons. The molecular weight excluding hydrogens is 336 g/mol. The van der Waals surface area contributed by atoms with E-state index in [9.17, 15) is 8.42 Å². The number of aromatic amines is 1. The molecule has 0 aliphatic carbocycles. The number of hydrogen-bond acceptors (Lipinski definition) is 3. The van der Waals surface area contributed by atoms with E-state index in [0.717, 1.165) is 22.3 Å². The topological polar surface area (TPSA) is 69.3 Å². The van der Waals surface area contributed by atoms with E-state index in [1.165, 1.54) is 14.2 Å². The first-order valence-electron chi connectivity index (χ1n) is 8.20. The van der Waals surface area contributed by atoms with Gasteiger partial charge in [-0.2, -0.15) is 17.0 Å². The highest BCUT2D eigenvalue weighted by molar-refractivity contribution is 7.86. The third kappa shape index (κ3) is 2.55. The SMILES string of the molecule is CN(C)S(=O)(=O)N1CCc2c([nH]c3ccccc23)[C@@H]1c1ccccn1. The predicted molar refractivity (Wildman–Crippen MR) is 97.4 cm³/mol. The molecule has 0 radical (unpaired) electrons. The molecule has 3 heterocycles. The van der Waals surface area contributed by atoms with E-state index in [2.05, 4.69) is 16.0 Å². The number of rotatable bonds is 3. The van der Waals surface area contributed by atoms with Crippen LogP contribution >= 0.6 is 0 Å². The second kappa shape index (κ2) is 5.94. The van der Waals surface area contributed by atoms with E-state index in [0.29, 0.717) is 13.0 Å². The number of fused-ring (bicyclic) bond motifs is 3. The van der Waals surface area contributed by atoms with Crippen molar-refractivity contribution in [3.05, 3.63) is 65.6 Å². The molecule has 3 aromatic rings. The smallest absolute Gasteiger partial charge is 0.282 e. The van der Waals surface area contributed by atoms with Crippen LogP contribution in [0.25, 0.3) is 10.9 Å². The van der Waals surface area contributed by atoms with Crippen LogP contribution in [0.15, 0.2) is 48.7 Å². The van der Waals surface area contributed by atoms with Crippen molar-refractivity contribution in [2.45, 2.75) is 12.5 Å². The molecule has 1 aliphatic heterocycles. The maximum absolute atomic E-state index is 12.9. The van der Waals surface area contributed by atoms with Crippen molar-refractivity contribution in [3.8, 4) is 0 Å². The zero-order chi connectivity index (χ0) is 17.6. The van der Waals surface area contributed by atoms with Crippen LogP contribution in [0.3, 0.4) is 0 Å². The highest BCUT2D eigenvalue weighted by Gasteiger charge is 2.40. The average molecular weight is 356 g/mol. The van der Waals surface area contributed by atoms with Gasteiger partial charge in [0.25, 0.3) is 10.2 Å². The van der Waals surface area contributed by atoms with Crippen molar-refractivity contribution >= 4 is 21.1 Å². The number of H-pyrrole nitrogens is 1. The maximum atomic E-state index is 12.9. The Bertz CT molecular complexity index is 1010. The Morgan fingerprint density at radius 1 is 1.16 bits per heavy atom. The van der Waals surface area contributed by atoms with Gasteiger partial charge in [-0.05, 0) is 30.2 Å². The summed E-state index contributed by atoms with van der Waals surface area (Å²) in [6.45, 7) is 0.427. The van der Waals surface area contributed by atoms with E-state index < -0.39 is 16.3 Å². The van der Waals surface area contributed by atoms with E-state index in [-0.39, 0.29) is 0 Å². The molecule has 1 atom stereocenters. The fourth-order valence-corrected chi connectivity index (χ4v) is 4.73. The summed E-state index contributed by atoms with van der Waals surface area (Å²) in [5, 5.41) is 1.15. The Hall–Kier alpha value is -2.22. The summed E-state index contributed by atoms with van der Waals surface area (Å²) in [6.07, 6.45) is 2.38. The number of aromatic nitrogens is 2. The lowest BCUT2D eigenvalue weighted by Gasteiger charge is -2.35. The highest BCUT2D eigenvalue weighted by atomic mass is 32.2. The molecule has 6 nitrogen and oxygen atoms in total. The quantitative estimate of drug-likeness (QED) is 0.783. The zero-order valence-corrected chi connectivity index (χ0v) is 15.0. The minimum absolute atomic E-state index is 0.427. The number of nitrogens with one attached hydrogen (secondary N) is 1. The van der Waals surface area contributed by atoms with Gasteiger partial charge in [0.05, 0.1) is 5.69 Å². The Balaban J connectivity index is 1.95. The van der Waals surface area contributed by atoms with E-state index in [1.807, 2.05) is 36.4 Å². The van der Waals surface area contributed by atoms with Gasteiger partial charge in [-0.3, -0.25) is 4.98 Å². The third-order valence-electron chi connectivity index (χ3n) is 4.72. The number of benzene rings is 1. The average Bonchev–Trinajstić information content (AvgIpc) is 3.00. The summed E-state index contributed by atoms with van der Waals surface area (Å²) in [5.41, 5.74) is 3.84. The molecule has 25 heavy (non-hydrogen) atoms. The van der Waals surface area contributed by atoms with Gasteiger partial charge in [0.2, 0.25) is 0 Å². The molecule has 0 unspecified atom stereocenters. The van der Waals surface area contributed by atoms with Gasteiger partial charge in [0.15, 0.2) is 0 Å². The minimum Gasteiger partial charge on any atom is -0.356 e. The fourth-order valence-electron chi connectivity index (χ4n) is 3.51. The van der Waals surface area contributed by atoms with Crippen LogP contribution in [0.1, 0.15) is 23.0 Å². The molecule has 0 spiro atoms.